The zero-order valence-electron chi connectivity index (χ0n) is 10.8. The van der Waals surface area contributed by atoms with Crippen LogP contribution in [0.2, 0.25) is 0 Å². The van der Waals surface area contributed by atoms with Gasteiger partial charge in [-0.1, -0.05) is 9.64 Å². The lowest BCUT2D eigenvalue weighted by Crippen LogP contribution is -2.05. The van der Waals surface area contributed by atoms with E-state index < -0.39 is 0 Å². The number of hydrogen-bond acceptors (Lipinski definition) is 9. The summed E-state index contributed by atoms with van der Waals surface area (Å²) in [6.07, 6.45) is 0. The second-order valence-electron chi connectivity index (χ2n) is 4.32. The van der Waals surface area contributed by atoms with Crippen molar-refractivity contribution in [2.45, 2.75) is 6.92 Å². The monoisotopic (exact) mass is 300 g/mol. The van der Waals surface area contributed by atoms with Crippen LogP contribution < -0.4 is 5.73 Å². The molecule has 4 aromatic heterocycles. The largest absolute Gasteiger partial charge is 0.368 e. The average molecular weight is 300 g/mol. The zero-order valence-corrected chi connectivity index (χ0v) is 11.6. The Morgan fingerprint density at radius 3 is 2.81 bits per heavy atom. The van der Waals surface area contributed by atoms with E-state index in [1.807, 2.05) is 6.92 Å². The number of fused-ring (bicyclic) bond motifs is 1. The molecule has 0 saturated heterocycles. The number of nitrogens with two attached hydrogens (primary N) is 1. The van der Waals surface area contributed by atoms with E-state index in [9.17, 15) is 0 Å². The Morgan fingerprint density at radius 2 is 2.10 bits per heavy atom. The van der Waals surface area contributed by atoms with Crippen molar-refractivity contribution in [3.8, 4) is 22.9 Å². The first-order valence-electron chi connectivity index (χ1n) is 5.95. The Labute approximate surface area is 121 Å². The van der Waals surface area contributed by atoms with Crippen molar-refractivity contribution < 1.29 is 4.52 Å². The summed E-state index contributed by atoms with van der Waals surface area (Å²) < 4.78 is 10.3. The van der Waals surface area contributed by atoms with E-state index in [0.29, 0.717) is 34.3 Å². The van der Waals surface area contributed by atoms with Crippen LogP contribution in [0.4, 0.5) is 5.95 Å². The number of anilines is 1. The van der Waals surface area contributed by atoms with Gasteiger partial charge in [0.05, 0.1) is 0 Å². The smallest absolute Gasteiger partial charge is 0.225 e. The molecule has 0 aliphatic carbocycles. The molecule has 10 heteroatoms. The fraction of sp³-hybridized carbons (Fsp3) is 0.0909. The van der Waals surface area contributed by atoms with Gasteiger partial charge < -0.3 is 10.3 Å². The molecule has 0 atom stereocenters. The summed E-state index contributed by atoms with van der Waals surface area (Å²) >= 11 is 1.22. The molecule has 4 rings (SSSR count). The predicted molar refractivity (Wildman–Crippen MR) is 74.3 cm³/mol. The highest BCUT2D eigenvalue weighted by Gasteiger charge is 2.14. The van der Waals surface area contributed by atoms with E-state index >= 15 is 0 Å². The molecule has 4 aromatic rings. The standard InChI is InChI=1S/C11H8N8OS/c1-5-2-7(17-20-5)6-3-9-13-10(8-4-21-18-15-8)14-11(12)19(9)16-6/h2-4H,1H3,(H2,12,13,14). The molecular formula is C11H8N8OS. The lowest BCUT2D eigenvalue weighted by Gasteiger charge is -1.99. The molecule has 4 heterocycles. The lowest BCUT2D eigenvalue weighted by molar-refractivity contribution is 0.399. The van der Waals surface area contributed by atoms with Gasteiger partial charge in [-0.15, -0.1) is 5.10 Å². The van der Waals surface area contributed by atoms with Crippen LogP contribution in [0.25, 0.3) is 28.6 Å². The van der Waals surface area contributed by atoms with Gasteiger partial charge in [0.2, 0.25) is 5.95 Å². The van der Waals surface area contributed by atoms with Gasteiger partial charge in [0.1, 0.15) is 22.8 Å². The van der Waals surface area contributed by atoms with Crippen LogP contribution in [0.5, 0.6) is 0 Å². The Kier molecular flexibility index (Phi) is 2.44. The van der Waals surface area contributed by atoms with E-state index in [-0.39, 0.29) is 5.95 Å². The lowest BCUT2D eigenvalue weighted by atomic mass is 10.3. The molecule has 0 amide bonds. The second-order valence-corrected chi connectivity index (χ2v) is 4.93. The molecule has 0 bridgehead atoms. The molecule has 2 N–H and O–H groups in total. The van der Waals surface area contributed by atoms with Crippen LogP contribution in [0.3, 0.4) is 0 Å². The minimum atomic E-state index is 0.217. The van der Waals surface area contributed by atoms with Crippen LogP contribution in [0, 0.1) is 6.92 Å². The Balaban J connectivity index is 1.89. The molecule has 104 valence electrons. The van der Waals surface area contributed by atoms with E-state index in [0.717, 1.165) is 0 Å². The van der Waals surface area contributed by atoms with Gasteiger partial charge in [0.15, 0.2) is 11.5 Å². The van der Waals surface area contributed by atoms with Crippen molar-refractivity contribution in [2.24, 2.45) is 0 Å². The second kappa shape index (κ2) is 4.31. The molecular weight excluding hydrogens is 292 g/mol. The van der Waals surface area contributed by atoms with Crippen molar-refractivity contribution in [3.63, 3.8) is 0 Å². The molecule has 0 aliphatic heterocycles. The Bertz CT molecular complexity index is 925. The van der Waals surface area contributed by atoms with Gasteiger partial charge >= 0.3 is 0 Å². The van der Waals surface area contributed by atoms with Crippen molar-refractivity contribution in [2.75, 3.05) is 5.73 Å². The van der Waals surface area contributed by atoms with Gasteiger partial charge in [-0.2, -0.15) is 14.6 Å². The Hall–Kier alpha value is -2.88. The summed E-state index contributed by atoms with van der Waals surface area (Å²) in [5.41, 5.74) is 8.29. The Morgan fingerprint density at radius 1 is 1.19 bits per heavy atom. The quantitative estimate of drug-likeness (QED) is 0.586. The normalized spacial score (nSPS) is 11.3. The maximum atomic E-state index is 5.92. The van der Waals surface area contributed by atoms with Gasteiger partial charge in [-0.25, -0.2) is 4.98 Å². The maximum absolute atomic E-state index is 5.92. The first kappa shape index (κ1) is 11.9. The molecule has 0 fully saturated rings. The number of nitrogen functional groups attached to an aromatic ring is 1. The molecule has 0 saturated carbocycles. The fourth-order valence-corrected chi connectivity index (χ4v) is 2.33. The van der Waals surface area contributed by atoms with Crippen molar-refractivity contribution in [3.05, 3.63) is 23.3 Å². The van der Waals surface area contributed by atoms with E-state index in [4.69, 9.17) is 10.3 Å². The highest BCUT2D eigenvalue weighted by Crippen LogP contribution is 2.21. The van der Waals surface area contributed by atoms with E-state index in [1.165, 1.54) is 16.0 Å². The third kappa shape index (κ3) is 1.92. The molecule has 0 unspecified atom stereocenters. The average Bonchev–Trinajstić information content (AvgIpc) is 3.17. The van der Waals surface area contributed by atoms with Crippen molar-refractivity contribution in [1.29, 1.82) is 0 Å². The van der Waals surface area contributed by atoms with Crippen LogP contribution in [0.1, 0.15) is 5.76 Å². The number of aryl methyl sites for hydroxylation is 1. The maximum Gasteiger partial charge on any atom is 0.225 e. The molecule has 9 nitrogen and oxygen atoms in total. The topological polar surface area (TPSA) is 121 Å². The van der Waals surface area contributed by atoms with E-state index in [1.54, 1.807) is 17.5 Å². The highest BCUT2D eigenvalue weighted by atomic mass is 32.1. The van der Waals surface area contributed by atoms with Crippen LogP contribution in [-0.4, -0.2) is 34.3 Å². The van der Waals surface area contributed by atoms with Crippen LogP contribution >= 0.6 is 11.5 Å². The summed E-state index contributed by atoms with van der Waals surface area (Å²) in [7, 11) is 0. The number of hydrogen-bond donors (Lipinski definition) is 1. The predicted octanol–water partition coefficient (Wildman–Crippen LogP) is 1.19. The minimum Gasteiger partial charge on any atom is -0.368 e. The van der Waals surface area contributed by atoms with Gasteiger partial charge in [0.25, 0.3) is 0 Å². The summed E-state index contributed by atoms with van der Waals surface area (Å²) in [6, 6.07) is 3.55. The fourth-order valence-electron chi connectivity index (χ4n) is 1.90. The third-order valence-electron chi connectivity index (χ3n) is 2.83. The van der Waals surface area contributed by atoms with Gasteiger partial charge in [0, 0.05) is 17.5 Å². The summed E-state index contributed by atoms with van der Waals surface area (Å²) in [5.74, 6) is 1.33. The number of nitrogens with zero attached hydrogens (tertiary/aromatic N) is 7. The number of aromatic nitrogens is 7. The third-order valence-corrected chi connectivity index (χ3v) is 3.33. The van der Waals surface area contributed by atoms with Crippen molar-refractivity contribution in [1.82, 2.24) is 34.3 Å². The SMILES string of the molecule is Cc1cc(-c2cc3nc(-c4csnn4)nc(N)n3n2)no1. The molecule has 21 heavy (non-hydrogen) atoms. The highest BCUT2D eigenvalue weighted by molar-refractivity contribution is 7.03. The molecule has 0 spiro atoms. The van der Waals surface area contributed by atoms with Gasteiger partial charge in [-0.05, 0) is 18.5 Å². The minimum absolute atomic E-state index is 0.217. The van der Waals surface area contributed by atoms with Gasteiger partial charge in [-0.3, -0.25) is 0 Å². The van der Waals surface area contributed by atoms with E-state index in [2.05, 4.69) is 29.8 Å². The van der Waals surface area contributed by atoms with Crippen molar-refractivity contribution >= 4 is 23.1 Å². The molecule has 0 radical (unpaired) electrons. The number of rotatable bonds is 2. The molecule has 0 aliphatic rings. The zero-order chi connectivity index (χ0) is 14.4. The first-order valence-corrected chi connectivity index (χ1v) is 6.79. The summed E-state index contributed by atoms with van der Waals surface area (Å²) in [6.45, 7) is 1.81. The summed E-state index contributed by atoms with van der Waals surface area (Å²) in [5, 5.41) is 13.9. The van der Waals surface area contributed by atoms with Crippen LogP contribution in [0.15, 0.2) is 22.0 Å². The summed E-state index contributed by atoms with van der Waals surface area (Å²) in [4.78, 5) is 8.57. The molecule has 0 aromatic carbocycles. The van der Waals surface area contributed by atoms with Crippen LogP contribution in [-0.2, 0) is 0 Å². The first-order chi connectivity index (χ1) is 10.2.